The number of benzene rings is 3. The number of aryl methyl sites for hydroxylation is 2. The first-order chi connectivity index (χ1) is 19.8. The zero-order valence-electron chi connectivity index (χ0n) is 26.2. The highest BCUT2D eigenvalue weighted by atomic mass is 16.6. The number of ether oxygens (including phenoxy) is 1. The molecule has 5 atom stereocenters. The summed E-state index contributed by atoms with van der Waals surface area (Å²) >= 11 is 0. The zero-order chi connectivity index (χ0) is 30.8. The van der Waals surface area contributed by atoms with Crippen molar-refractivity contribution in [1.29, 1.82) is 0 Å². The van der Waals surface area contributed by atoms with Crippen molar-refractivity contribution in [3.05, 3.63) is 77.4 Å². The fourth-order valence-electron chi connectivity index (χ4n) is 5.30. The van der Waals surface area contributed by atoms with Gasteiger partial charge in [-0.25, -0.2) is 4.79 Å². The van der Waals surface area contributed by atoms with Crippen molar-refractivity contribution >= 4 is 34.4 Å². The van der Waals surface area contributed by atoms with E-state index in [-0.39, 0.29) is 29.7 Å². The standard InChI is InChI=1S/C35H45N3O4/c1-9-21(2)30(37-34(41)42-35(6,7)8)33(40)38(29-19-24(29)5)31(27-15-14-22(3)23(4)18-27)32(39)36-28-17-16-25-12-10-11-13-26(25)20-28/h10-18,20-21,24,29-31H,9,19H2,1-8H3,(H,36,39)(H,37,41). The van der Waals surface area contributed by atoms with Crippen molar-refractivity contribution < 1.29 is 19.1 Å². The summed E-state index contributed by atoms with van der Waals surface area (Å²) in [5, 5.41) is 8.05. The van der Waals surface area contributed by atoms with E-state index in [1.54, 1.807) is 25.7 Å². The van der Waals surface area contributed by atoms with E-state index in [4.69, 9.17) is 4.74 Å². The molecule has 224 valence electrons. The molecule has 4 rings (SSSR count). The highest BCUT2D eigenvalue weighted by Crippen LogP contribution is 2.42. The summed E-state index contributed by atoms with van der Waals surface area (Å²) in [6.07, 6.45) is 0.807. The lowest BCUT2D eigenvalue weighted by molar-refractivity contribution is -0.142. The van der Waals surface area contributed by atoms with Crippen LogP contribution in [0.25, 0.3) is 10.8 Å². The Morgan fingerprint density at radius 2 is 1.64 bits per heavy atom. The molecule has 1 aliphatic carbocycles. The summed E-state index contributed by atoms with van der Waals surface area (Å²) in [4.78, 5) is 43.4. The maximum Gasteiger partial charge on any atom is 0.408 e. The van der Waals surface area contributed by atoms with Crippen LogP contribution in [0.1, 0.15) is 77.1 Å². The summed E-state index contributed by atoms with van der Waals surface area (Å²) in [7, 11) is 0. The Morgan fingerprint density at radius 1 is 0.976 bits per heavy atom. The molecule has 3 amide bonds. The van der Waals surface area contributed by atoms with Crippen LogP contribution >= 0.6 is 0 Å². The molecule has 0 aliphatic heterocycles. The van der Waals surface area contributed by atoms with Crippen LogP contribution in [0.5, 0.6) is 0 Å². The van der Waals surface area contributed by atoms with E-state index in [2.05, 4.69) is 17.6 Å². The van der Waals surface area contributed by atoms with Gasteiger partial charge in [0.05, 0.1) is 0 Å². The van der Waals surface area contributed by atoms with E-state index in [1.807, 2.05) is 88.4 Å². The van der Waals surface area contributed by atoms with E-state index < -0.39 is 23.8 Å². The second-order valence-corrected chi connectivity index (χ2v) is 12.8. The average molecular weight is 572 g/mol. The Labute approximate surface area is 250 Å². The Balaban J connectivity index is 1.75. The summed E-state index contributed by atoms with van der Waals surface area (Å²) in [6, 6.07) is 17.8. The lowest BCUT2D eigenvalue weighted by Gasteiger charge is -2.36. The van der Waals surface area contributed by atoms with Gasteiger partial charge in [-0.05, 0) is 92.5 Å². The average Bonchev–Trinajstić information content (AvgIpc) is 3.65. The van der Waals surface area contributed by atoms with Gasteiger partial charge in [-0.2, -0.15) is 0 Å². The van der Waals surface area contributed by atoms with Crippen LogP contribution in [0.15, 0.2) is 60.7 Å². The van der Waals surface area contributed by atoms with E-state index in [1.165, 1.54) is 0 Å². The number of nitrogens with zero attached hydrogens (tertiary/aromatic N) is 1. The molecular weight excluding hydrogens is 526 g/mol. The Bertz CT molecular complexity index is 1460. The van der Waals surface area contributed by atoms with Crippen LogP contribution in [0, 0.1) is 25.7 Å². The molecule has 0 aromatic heterocycles. The molecule has 7 nitrogen and oxygen atoms in total. The molecule has 0 radical (unpaired) electrons. The molecule has 5 unspecified atom stereocenters. The van der Waals surface area contributed by atoms with Crippen molar-refractivity contribution in [3.8, 4) is 0 Å². The first-order valence-electron chi connectivity index (χ1n) is 15.0. The minimum atomic E-state index is -0.884. The number of carbonyl (C=O) groups is 3. The summed E-state index contributed by atoms with van der Waals surface area (Å²) in [5.74, 6) is -0.510. The normalized spacial score (nSPS) is 18.5. The van der Waals surface area contributed by atoms with Crippen molar-refractivity contribution in [2.45, 2.75) is 92.0 Å². The molecule has 42 heavy (non-hydrogen) atoms. The van der Waals surface area contributed by atoms with E-state index in [0.717, 1.165) is 33.9 Å². The number of hydrogen-bond acceptors (Lipinski definition) is 4. The fraction of sp³-hybridized carbons (Fsp3) is 0.457. The maximum atomic E-state index is 14.5. The predicted molar refractivity (Wildman–Crippen MR) is 168 cm³/mol. The topological polar surface area (TPSA) is 87.7 Å². The highest BCUT2D eigenvalue weighted by molar-refractivity contribution is 6.00. The monoisotopic (exact) mass is 571 g/mol. The van der Waals surface area contributed by atoms with Gasteiger partial charge in [-0.1, -0.05) is 75.7 Å². The van der Waals surface area contributed by atoms with Crippen molar-refractivity contribution in [3.63, 3.8) is 0 Å². The summed E-state index contributed by atoms with van der Waals surface area (Å²) in [5.41, 5.74) is 2.84. The number of amides is 3. The number of fused-ring (bicyclic) bond motifs is 1. The van der Waals surface area contributed by atoms with Crippen molar-refractivity contribution in [2.75, 3.05) is 5.32 Å². The molecule has 1 aliphatic rings. The van der Waals surface area contributed by atoms with E-state index >= 15 is 0 Å². The third kappa shape index (κ3) is 7.30. The van der Waals surface area contributed by atoms with Gasteiger partial charge in [0.1, 0.15) is 17.7 Å². The number of anilines is 1. The van der Waals surface area contributed by atoms with Crippen molar-refractivity contribution in [2.24, 2.45) is 11.8 Å². The first-order valence-corrected chi connectivity index (χ1v) is 15.0. The second-order valence-electron chi connectivity index (χ2n) is 12.8. The minimum absolute atomic E-state index is 0.126. The van der Waals surface area contributed by atoms with E-state index in [9.17, 15) is 14.4 Å². The fourth-order valence-corrected chi connectivity index (χ4v) is 5.30. The molecular formula is C35H45N3O4. The number of rotatable bonds is 9. The molecule has 2 N–H and O–H groups in total. The van der Waals surface area contributed by atoms with Gasteiger partial charge >= 0.3 is 6.09 Å². The van der Waals surface area contributed by atoms with Crippen molar-refractivity contribution in [1.82, 2.24) is 10.2 Å². The Hall–Kier alpha value is -3.87. The molecule has 0 bridgehead atoms. The first kappa shape index (κ1) is 31.1. The third-order valence-electron chi connectivity index (χ3n) is 8.22. The van der Waals surface area contributed by atoms with Gasteiger partial charge in [0, 0.05) is 11.7 Å². The van der Waals surface area contributed by atoms with Crippen LogP contribution in [0.3, 0.4) is 0 Å². The maximum absolute atomic E-state index is 14.5. The molecule has 0 spiro atoms. The van der Waals surface area contributed by atoms with Crippen LogP contribution < -0.4 is 10.6 Å². The van der Waals surface area contributed by atoms with Crippen LogP contribution in [0.4, 0.5) is 10.5 Å². The number of carbonyl (C=O) groups excluding carboxylic acids is 3. The van der Waals surface area contributed by atoms with Gasteiger partial charge in [0.15, 0.2) is 0 Å². The molecule has 1 fully saturated rings. The minimum Gasteiger partial charge on any atom is -0.444 e. The molecule has 7 heteroatoms. The molecule has 0 saturated heterocycles. The number of hydrogen-bond donors (Lipinski definition) is 2. The number of nitrogens with one attached hydrogen (secondary N) is 2. The third-order valence-corrected chi connectivity index (χ3v) is 8.22. The SMILES string of the molecule is CCC(C)C(NC(=O)OC(C)(C)C)C(=O)N(C(C(=O)Nc1ccc2ccccc2c1)c1ccc(C)c(C)c1)C1CC1C. The van der Waals surface area contributed by atoms with Crippen LogP contribution in [-0.4, -0.2) is 40.5 Å². The summed E-state index contributed by atoms with van der Waals surface area (Å²) in [6.45, 7) is 15.4. The highest BCUT2D eigenvalue weighted by Gasteiger charge is 2.49. The second kappa shape index (κ2) is 12.6. The Kier molecular flexibility index (Phi) is 9.29. The molecule has 3 aromatic rings. The smallest absolute Gasteiger partial charge is 0.408 e. The van der Waals surface area contributed by atoms with Crippen LogP contribution in [0.2, 0.25) is 0 Å². The van der Waals surface area contributed by atoms with E-state index in [0.29, 0.717) is 12.1 Å². The van der Waals surface area contributed by atoms with Gasteiger partial charge in [-0.15, -0.1) is 0 Å². The lowest BCUT2D eigenvalue weighted by atomic mass is 9.94. The molecule has 1 saturated carbocycles. The van der Waals surface area contributed by atoms with Gasteiger partial charge in [0.25, 0.3) is 5.91 Å². The Morgan fingerprint density at radius 3 is 2.24 bits per heavy atom. The molecule has 0 heterocycles. The number of alkyl carbamates (subject to hydrolysis) is 1. The van der Waals surface area contributed by atoms with Gasteiger partial charge < -0.3 is 20.3 Å². The summed E-state index contributed by atoms with van der Waals surface area (Å²) < 4.78 is 5.53. The van der Waals surface area contributed by atoms with Gasteiger partial charge in [-0.3, -0.25) is 9.59 Å². The predicted octanol–water partition coefficient (Wildman–Crippen LogP) is 7.31. The largest absolute Gasteiger partial charge is 0.444 e. The zero-order valence-corrected chi connectivity index (χ0v) is 26.2. The van der Waals surface area contributed by atoms with Gasteiger partial charge in [0.2, 0.25) is 5.91 Å². The quantitative estimate of drug-likeness (QED) is 0.282. The van der Waals surface area contributed by atoms with Crippen LogP contribution in [-0.2, 0) is 14.3 Å². The molecule has 3 aromatic carbocycles. The lowest BCUT2D eigenvalue weighted by Crippen LogP contribution is -2.55.